The summed E-state index contributed by atoms with van der Waals surface area (Å²) in [7, 11) is 0. The average molecular weight is 288 g/mol. The van der Waals surface area contributed by atoms with Crippen molar-refractivity contribution in [2.75, 3.05) is 0 Å². The van der Waals surface area contributed by atoms with E-state index in [2.05, 4.69) is 4.98 Å². The van der Waals surface area contributed by atoms with E-state index in [4.69, 9.17) is 11.6 Å². The fourth-order valence-corrected chi connectivity index (χ4v) is 2.47. The molecule has 0 radical (unpaired) electrons. The Kier molecular flexibility index (Phi) is 2.76. The summed E-state index contributed by atoms with van der Waals surface area (Å²) in [4.78, 5) is 15.7. The Labute approximate surface area is 119 Å². The van der Waals surface area contributed by atoms with E-state index in [0.717, 1.165) is 5.56 Å². The van der Waals surface area contributed by atoms with Crippen molar-refractivity contribution >= 4 is 39.4 Å². The van der Waals surface area contributed by atoms with Crippen LogP contribution < -0.4 is 0 Å². The van der Waals surface area contributed by atoms with Gasteiger partial charge in [0, 0.05) is 10.8 Å². The van der Waals surface area contributed by atoms with Gasteiger partial charge in [0.05, 0.1) is 21.6 Å². The van der Waals surface area contributed by atoms with E-state index in [-0.39, 0.29) is 16.8 Å². The second-order valence-corrected chi connectivity index (χ2v) is 4.99. The van der Waals surface area contributed by atoms with Crippen molar-refractivity contribution in [3.63, 3.8) is 0 Å². The van der Waals surface area contributed by atoms with Crippen molar-refractivity contribution in [1.82, 2.24) is 4.98 Å². The van der Waals surface area contributed by atoms with Crippen LogP contribution in [0.2, 0.25) is 5.02 Å². The monoisotopic (exact) mass is 287 g/mol. The maximum atomic E-state index is 11.3. The van der Waals surface area contributed by atoms with Crippen molar-refractivity contribution in [2.45, 2.75) is 6.92 Å². The summed E-state index contributed by atoms with van der Waals surface area (Å²) >= 11 is 6.15. The molecule has 0 saturated carbocycles. The standard InChI is InChI=1S/C15H10ClNO3/c1-7-2-4-11(16)9-6-10-12(18)5-3-8(15(19)20)14(10)17-13(7)9/h2-6,18H,1H3,(H,19,20). The molecule has 3 rings (SSSR count). The highest BCUT2D eigenvalue weighted by Gasteiger charge is 2.15. The first-order valence-electron chi connectivity index (χ1n) is 5.94. The van der Waals surface area contributed by atoms with Crippen molar-refractivity contribution in [3.05, 3.63) is 46.5 Å². The van der Waals surface area contributed by atoms with E-state index in [0.29, 0.717) is 21.3 Å². The van der Waals surface area contributed by atoms with Gasteiger partial charge in [-0.25, -0.2) is 9.78 Å². The third kappa shape index (κ3) is 1.77. The lowest BCUT2D eigenvalue weighted by molar-refractivity contribution is 0.0699. The van der Waals surface area contributed by atoms with E-state index >= 15 is 0 Å². The number of carboxylic acids is 1. The number of carboxylic acid groups (broad SMARTS) is 1. The molecule has 0 spiro atoms. The van der Waals surface area contributed by atoms with Gasteiger partial charge in [-0.15, -0.1) is 0 Å². The van der Waals surface area contributed by atoms with Crippen LogP contribution in [-0.4, -0.2) is 21.2 Å². The molecule has 0 aliphatic carbocycles. The second-order valence-electron chi connectivity index (χ2n) is 4.58. The Morgan fingerprint density at radius 1 is 1.15 bits per heavy atom. The number of aryl methyl sites for hydroxylation is 1. The van der Waals surface area contributed by atoms with Gasteiger partial charge in [0.2, 0.25) is 0 Å². The van der Waals surface area contributed by atoms with Crippen LogP contribution in [0.4, 0.5) is 0 Å². The Balaban J connectivity index is 2.57. The number of benzene rings is 2. The summed E-state index contributed by atoms with van der Waals surface area (Å²) in [5, 5.41) is 20.7. The molecule has 0 fully saturated rings. The molecule has 0 atom stereocenters. The Morgan fingerprint density at radius 3 is 2.60 bits per heavy atom. The number of pyridine rings is 1. The highest BCUT2D eigenvalue weighted by atomic mass is 35.5. The minimum absolute atomic E-state index is 0.0167. The fourth-order valence-electron chi connectivity index (χ4n) is 2.27. The molecule has 20 heavy (non-hydrogen) atoms. The van der Waals surface area contributed by atoms with Gasteiger partial charge in [-0.1, -0.05) is 17.7 Å². The molecule has 100 valence electrons. The number of rotatable bonds is 1. The quantitative estimate of drug-likeness (QED) is 0.669. The number of aromatic carboxylic acids is 1. The smallest absolute Gasteiger partial charge is 0.337 e. The van der Waals surface area contributed by atoms with Crippen LogP contribution >= 0.6 is 11.6 Å². The summed E-state index contributed by atoms with van der Waals surface area (Å²) < 4.78 is 0. The van der Waals surface area contributed by atoms with E-state index in [9.17, 15) is 15.0 Å². The van der Waals surface area contributed by atoms with Crippen molar-refractivity contribution in [1.29, 1.82) is 0 Å². The summed E-state index contributed by atoms with van der Waals surface area (Å²) in [6.07, 6.45) is 0. The third-order valence-corrected chi connectivity index (χ3v) is 3.63. The minimum Gasteiger partial charge on any atom is -0.507 e. The number of phenolic OH excluding ortho intramolecular Hbond substituents is 1. The van der Waals surface area contributed by atoms with E-state index in [1.54, 1.807) is 12.1 Å². The molecule has 3 aromatic rings. The summed E-state index contributed by atoms with van der Waals surface area (Å²) in [5.74, 6) is -1.10. The van der Waals surface area contributed by atoms with Crippen molar-refractivity contribution in [2.24, 2.45) is 0 Å². The largest absolute Gasteiger partial charge is 0.507 e. The van der Waals surface area contributed by atoms with E-state index in [1.165, 1.54) is 12.1 Å². The van der Waals surface area contributed by atoms with Crippen molar-refractivity contribution < 1.29 is 15.0 Å². The number of aromatic hydroxyl groups is 1. The Bertz CT molecular complexity index is 874. The molecule has 1 aromatic heterocycles. The molecule has 0 aliphatic heterocycles. The van der Waals surface area contributed by atoms with Gasteiger partial charge < -0.3 is 10.2 Å². The lowest BCUT2D eigenvalue weighted by Gasteiger charge is -2.09. The molecule has 2 N–H and O–H groups in total. The molecular weight excluding hydrogens is 278 g/mol. The molecule has 0 saturated heterocycles. The fraction of sp³-hybridized carbons (Fsp3) is 0.0667. The summed E-state index contributed by atoms with van der Waals surface area (Å²) in [6, 6.07) is 7.95. The molecule has 2 aromatic carbocycles. The van der Waals surface area contributed by atoms with E-state index in [1.807, 2.05) is 13.0 Å². The zero-order valence-electron chi connectivity index (χ0n) is 10.5. The highest BCUT2D eigenvalue weighted by Crippen LogP contribution is 2.33. The zero-order valence-corrected chi connectivity index (χ0v) is 11.3. The van der Waals surface area contributed by atoms with Crippen LogP contribution in [0.5, 0.6) is 5.75 Å². The van der Waals surface area contributed by atoms with Crippen LogP contribution in [-0.2, 0) is 0 Å². The number of hydrogen-bond acceptors (Lipinski definition) is 3. The Morgan fingerprint density at radius 2 is 1.90 bits per heavy atom. The van der Waals surface area contributed by atoms with Gasteiger partial charge in [-0.05, 0) is 36.8 Å². The first-order chi connectivity index (χ1) is 9.49. The first kappa shape index (κ1) is 12.7. The average Bonchev–Trinajstić information content (AvgIpc) is 2.42. The zero-order chi connectivity index (χ0) is 14.4. The van der Waals surface area contributed by atoms with Gasteiger partial charge in [0.25, 0.3) is 0 Å². The normalized spacial score (nSPS) is 11.1. The highest BCUT2D eigenvalue weighted by molar-refractivity contribution is 6.35. The van der Waals surface area contributed by atoms with Crippen molar-refractivity contribution in [3.8, 4) is 5.75 Å². The molecule has 1 heterocycles. The van der Waals surface area contributed by atoms with Crippen LogP contribution in [0.1, 0.15) is 15.9 Å². The lowest BCUT2D eigenvalue weighted by Crippen LogP contribution is -1.99. The molecule has 0 unspecified atom stereocenters. The van der Waals surface area contributed by atoms with Crippen LogP contribution in [0, 0.1) is 6.92 Å². The number of fused-ring (bicyclic) bond motifs is 2. The molecule has 5 heteroatoms. The van der Waals surface area contributed by atoms with Crippen LogP contribution in [0.15, 0.2) is 30.3 Å². The van der Waals surface area contributed by atoms with Gasteiger partial charge in [0.15, 0.2) is 0 Å². The SMILES string of the molecule is Cc1ccc(Cl)c2cc3c(O)ccc(C(=O)O)c3nc12. The first-order valence-corrected chi connectivity index (χ1v) is 6.31. The Hall–Kier alpha value is -2.33. The number of halogens is 1. The molecular formula is C15H10ClNO3. The number of hydrogen-bond donors (Lipinski definition) is 2. The second kappa shape index (κ2) is 4.35. The van der Waals surface area contributed by atoms with Gasteiger partial charge in [-0.3, -0.25) is 0 Å². The predicted molar refractivity (Wildman–Crippen MR) is 77.6 cm³/mol. The van der Waals surface area contributed by atoms with Gasteiger partial charge >= 0.3 is 5.97 Å². The van der Waals surface area contributed by atoms with E-state index < -0.39 is 5.97 Å². The summed E-state index contributed by atoms with van der Waals surface area (Å²) in [5.41, 5.74) is 1.85. The number of carbonyl (C=O) groups is 1. The lowest BCUT2D eigenvalue weighted by atomic mass is 10.0. The maximum absolute atomic E-state index is 11.3. The molecule has 0 bridgehead atoms. The van der Waals surface area contributed by atoms with Gasteiger partial charge in [0.1, 0.15) is 5.75 Å². The van der Waals surface area contributed by atoms with Gasteiger partial charge in [-0.2, -0.15) is 0 Å². The van der Waals surface area contributed by atoms with Crippen LogP contribution in [0.25, 0.3) is 21.8 Å². The maximum Gasteiger partial charge on any atom is 0.337 e. The number of aromatic nitrogens is 1. The molecule has 4 nitrogen and oxygen atoms in total. The number of phenols is 1. The molecule has 0 amide bonds. The summed E-state index contributed by atoms with van der Waals surface area (Å²) in [6.45, 7) is 1.88. The molecule has 0 aliphatic rings. The minimum atomic E-state index is -1.08. The third-order valence-electron chi connectivity index (χ3n) is 3.30. The number of nitrogens with zero attached hydrogens (tertiary/aromatic N) is 1. The topological polar surface area (TPSA) is 70.4 Å². The predicted octanol–water partition coefficient (Wildman–Crippen LogP) is 3.75. The van der Waals surface area contributed by atoms with Crippen LogP contribution in [0.3, 0.4) is 0 Å².